The number of anilines is 1. The standard InChI is InChI=1S/C18H22N4O4/c1-25-14-4-2-3-5-15(14)26-16-7-6-13(10-20-16)22-17(23)21-12-18(24)8-9-19-11-18/h2-7,10,19,24H,8-9,11-12H2,1H3,(H2,21,22,23). The van der Waals surface area contributed by atoms with Crippen LogP contribution in [0, 0.1) is 0 Å². The fourth-order valence-electron chi connectivity index (χ4n) is 2.63. The molecule has 2 heterocycles. The number of hydrogen-bond acceptors (Lipinski definition) is 6. The molecule has 3 rings (SSSR count). The zero-order valence-electron chi connectivity index (χ0n) is 14.5. The van der Waals surface area contributed by atoms with Crippen molar-refractivity contribution in [3.05, 3.63) is 42.6 Å². The van der Waals surface area contributed by atoms with Gasteiger partial charge < -0.3 is 30.5 Å². The Morgan fingerprint density at radius 2 is 2.12 bits per heavy atom. The maximum absolute atomic E-state index is 11.9. The number of nitrogens with one attached hydrogen (secondary N) is 3. The maximum atomic E-state index is 11.9. The average Bonchev–Trinajstić information content (AvgIpc) is 3.09. The lowest BCUT2D eigenvalue weighted by Gasteiger charge is -2.21. The number of amides is 2. The number of methoxy groups -OCH3 is 1. The first-order valence-corrected chi connectivity index (χ1v) is 8.33. The van der Waals surface area contributed by atoms with Gasteiger partial charge in [0.2, 0.25) is 5.88 Å². The molecule has 2 aromatic rings. The predicted molar refractivity (Wildman–Crippen MR) is 96.8 cm³/mol. The molecule has 26 heavy (non-hydrogen) atoms. The number of aliphatic hydroxyl groups is 1. The van der Waals surface area contributed by atoms with E-state index in [1.54, 1.807) is 31.4 Å². The maximum Gasteiger partial charge on any atom is 0.319 e. The van der Waals surface area contributed by atoms with Gasteiger partial charge in [-0.2, -0.15) is 0 Å². The summed E-state index contributed by atoms with van der Waals surface area (Å²) in [6.07, 6.45) is 2.11. The van der Waals surface area contributed by atoms with Crippen LogP contribution in [-0.2, 0) is 0 Å². The number of urea groups is 1. The van der Waals surface area contributed by atoms with Crippen LogP contribution in [0.15, 0.2) is 42.6 Å². The third-order valence-electron chi connectivity index (χ3n) is 4.08. The smallest absolute Gasteiger partial charge is 0.319 e. The number of benzene rings is 1. The molecule has 0 bridgehead atoms. The summed E-state index contributed by atoms with van der Waals surface area (Å²) in [6, 6.07) is 10.2. The fourth-order valence-corrected chi connectivity index (χ4v) is 2.63. The van der Waals surface area contributed by atoms with Crippen LogP contribution in [0.5, 0.6) is 17.4 Å². The molecule has 8 nitrogen and oxygen atoms in total. The third kappa shape index (κ3) is 4.62. The fraction of sp³-hybridized carbons (Fsp3) is 0.333. The highest BCUT2D eigenvalue weighted by molar-refractivity contribution is 5.89. The molecule has 1 atom stereocenters. The second-order valence-corrected chi connectivity index (χ2v) is 6.10. The molecule has 0 aliphatic carbocycles. The number of pyridine rings is 1. The highest BCUT2D eigenvalue weighted by Gasteiger charge is 2.31. The van der Waals surface area contributed by atoms with Crippen molar-refractivity contribution < 1.29 is 19.4 Å². The van der Waals surface area contributed by atoms with E-state index >= 15 is 0 Å². The number of para-hydroxylation sites is 2. The monoisotopic (exact) mass is 358 g/mol. The minimum absolute atomic E-state index is 0.189. The Labute approximate surface area is 151 Å². The topological polar surface area (TPSA) is 105 Å². The second-order valence-electron chi connectivity index (χ2n) is 6.10. The summed E-state index contributed by atoms with van der Waals surface area (Å²) in [5.41, 5.74) is -0.367. The molecule has 0 spiro atoms. The Balaban J connectivity index is 1.53. The predicted octanol–water partition coefficient (Wildman–Crippen LogP) is 1.73. The Kier molecular flexibility index (Phi) is 5.55. The van der Waals surface area contributed by atoms with Gasteiger partial charge in [-0.25, -0.2) is 9.78 Å². The van der Waals surface area contributed by atoms with Gasteiger partial charge in [-0.3, -0.25) is 0 Å². The lowest BCUT2D eigenvalue weighted by atomic mass is 10.0. The number of β-amino-alcohol motifs (C(OH)–C–C–N with tert-alkyl or cyclic N) is 1. The van der Waals surface area contributed by atoms with Crippen molar-refractivity contribution in [2.75, 3.05) is 32.1 Å². The van der Waals surface area contributed by atoms with E-state index in [1.165, 1.54) is 6.20 Å². The summed E-state index contributed by atoms with van der Waals surface area (Å²) in [7, 11) is 1.57. The number of hydrogen-bond donors (Lipinski definition) is 4. The lowest BCUT2D eigenvalue weighted by molar-refractivity contribution is 0.0640. The zero-order valence-corrected chi connectivity index (χ0v) is 14.5. The van der Waals surface area contributed by atoms with E-state index in [-0.39, 0.29) is 6.54 Å². The highest BCUT2D eigenvalue weighted by Crippen LogP contribution is 2.30. The largest absolute Gasteiger partial charge is 0.493 e. The molecule has 1 aromatic heterocycles. The van der Waals surface area contributed by atoms with E-state index in [1.807, 2.05) is 12.1 Å². The number of aromatic nitrogens is 1. The normalized spacial score (nSPS) is 19.0. The van der Waals surface area contributed by atoms with Crippen molar-refractivity contribution in [2.45, 2.75) is 12.0 Å². The van der Waals surface area contributed by atoms with E-state index in [4.69, 9.17) is 9.47 Å². The van der Waals surface area contributed by atoms with Crippen LogP contribution in [-0.4, -0.2) is 48.5 Å². The van der Waals surface area contributed by atoms with Crippen LogP contribution >= 0.6 is 0 Å². The SMILES string of the molecule is COc1ccccc1Oc1ccc(NC(=O)NCC2(O)CCNC2)cn1. The molecule has 0 saturated carbocycles. The molecular formula is C18H22N4O4. The number of rotatable bonds is 6. The van der Waals surface area contributed by atoms with Gasteiger partial charge in [0.1, 0.15) is 0 Å². The molecule has 1 unspecified atom stereocenters. The quantitative estimate of drug-likeness (QED) is 0.627. The van der Waals surface area contributed by atoms with Crippen LogP contribution < -0.4 is 25.4 Å². The van der Waals surface area contributed by atoms with Gasteiger partial charge in [0.25, 0.3) is 0 Å². The van der Waals surface area contributed by atoms with E-state index in [2.05, 4.69) is 20.9 Å². The van der Waals surface area contributed by atoms with Crippen molar-refractivity contribution in [2.24, 2.45) is 0 Å². The minimum Gasteiger partial charge on any atom is -0.493 e. The summed E-state index contributed by atoms with van der Waals surface area (Å²) in [6.45, 7) is 1.41. The van der Waals surface area contributed by atoms with Gasteiger partial charge in [-0.05, 0) is 31.2 Å². The molecule has 1 aromatic carbocycles. The van der Waals surface area contributed by atoms with Gasteiger partial charge in [0, 0.05) is 19.2 Å². The first-order chi connectivity index (χ1) is 12.6. The Bertz CT molecular complexity index is 745. The van der Waals surface area contributed by atoms with Crippen LogP contribution in [0.3, 0.4) is 0 Å². The van der Waals surface area contributed by atoms with Crippen molar-refractivity contribution in [1.29, 1.82) is 0 Å². The summed E-state index contributed by atoms with van der Waals surface area (Å²) in [5.74, 6) is 1.54. The van der Waals surface area contributed by atoms with Gasteiger partial charge >= 0.3 is 6.03 Å². The van der Waals surface area contributed by atoms with Crippen molar-refractivity contribution in [3.8, 4) is 17.4 Å². The van der Waals surface area contributed by atoms with E-state index in [9.17, 15) is 9.90 Å². The van der Waals surface area contributed by atoms with Crippen molar-refractivity contribution in [1.82, 2.24) is 15.6 Å². The first kappa shape index (κ1) is 18.0. The molecule has 2 amide bonds. The van der Waals surface area contributed by atoms with Crippen molar-refractivity contribution in [3.63, 3.8) is 0 Å². The van der Waals surface area contributed by atoms with E-state index in [0.717, 1.165) is 6.54 Å². The Morgan fingerprint density at radius 3 is 2.77 bits per heavy atom. The number of carbonyl (C=O) groups is 1. The lowest BCUT2D eigenvalue weighted by Crippen LogP contribution is -2.45. The zero-order chi connectivity index (χ0) is 18.4. The molecular weight excluding hydrogens is 336 g/mol. The van der Waals surface area contributed by atoms with Crippen LogP contribution in [0.1, 0.15) is 6.42 Å². The molecule has 0 radical (unpaired) electrons. The number of nitrogens with zero attached hydrogens (tertiary/aromatic N) is 1. The van der Waals surface area contributed by atoms with Crippen LogP contribution in [0.4, 0.5) is 10.5 Å². The van der Waals surface area contributed by atoms with Crippen LogP contribution in [0.25, 0.3) is 0 Å². The van der Waals surface area contributed by atoms with Gasteiger partial charge in [-0.15, -0.1) is 0 Å². The molecule has 1 fully saturated rings. The van der Waals surface area contributed by atoms with Gasteiger partial charge in [0.05, 0.1) is 24.6 Å². The number of carbonyl (C=O) groups excluding carboxylic acids is 1. The van der Waals surface area contributed by atoms with Crippen LogP contribution in [0.2, 0.25) is 0 Å². The minimum atomic E-state index is -0.887. The average molecular weight is 358 g/mol. The van der Waals surface area contributed by atoms with E-state index in [0.29, 0.717) is 36.0 Å². The molecule has 138 valence electrons. The molecule has 4 N–H and O–H groups in total. The molecule has 8 heteroatoms. The summed E-state index contributed by atoms with van der Waals surface area (Å²) < 4.78 is 10.9. The third-order valence-corrected chi connectivity index (χ3v) is 4.08. The number of ether oxygens (including phenoxy) is 2. The Hall–Kier alpha value is -2.84. The van der Waals surface area contributed by atoms with E-state index < -0.39 is 11.6 Å². The molecule has 1 aliphatic heterocycles. The Morgan fingerprint density at radius 1 is 1.31 bits per heavy atom. The summed E-state index contributed by atoms with van der Waals surface area (Å²) in [4.78, 5) is 16.1. The molecule has 1 saturated heterocycles. The first-order valence-electron chi connectivity index (χ1n) is 8.33. The second kappa shape index (κ2) is 8.03. The molecule has 1 aliphatic rings. The van der Waals surface area contributed by atoms with Gasteiger partial charge in [0.15, 0.2) is 11.5 Å². The summed E-state index contributed by atoms with van der Waals surface area (Å²) >= 11 is 0. The van der Waals surface area contributed by atoms with Crippen molar-refractivity contribution >= 4 is 11.7 Å². The summed E-state index contributed by atoms with van der Waals surface area (Å²) in [5, 5.41) is 18.6. The van der Waals surface area contributed by atoms with Gasteiger partial charge in [-0.1, -0.05) is 12.1 Å². The highest BCUT2D eigenvalue weighted by atomic mass is 16.5.